The predicted molar refractivity (Wildman–Crippen MR) is 81.5 cm³/mol. The van der Waals surface area contributed by atoms with E-state index >= 15 is 0 Å². The van der Waals surface area contributed by atoms with Crippen molar-refractivity contribution in [2.75, 3.05) is 0 Å². The molecule has 4 heteroatoms. The number of esters is 2. The summed E-state index contributed by atoms with van der Waals surface area (Å²) in [4.78, 5) is 25.0. The molecule has 2 atom stereocenters. The molecule has 4 nitrogen and oxygen atoms in total. The third-order valence-electron chi connectivity index (χ3n) is 5.82. The topological polar surface area (TPSA) is 52.6 Å². The average molecular weight is 302 g/mol. The van der Waals surface area contributed by atoms with Gasteiger partial charge in [-0.2, -0.15) is 0 Å². The number of hydrogen-bond acceptors (Lipinski definition) is 4. The molecular formula is C18H22O4. The fourth-order valence-electron chi connectivity index (χ4n) is 3.88. The number of benzene rings is 1. The first-order valence-corrected chi connectivity index (χ1v) is 7.66. The molecule has 1 aromatic rings. The van der Waals surface area contributed by atoms with Crippen LogP contribution in [-0.4, -0.2) is 17.5 Å². The molecule has 1 saturated carbocycles. The number of hydrogen-bond donors (Lipinski definition) is 0. The van der Waals surface area contributed by atoms with E-state index in [0.29, 0.717) is 18.6 Å². The van der Waals surface area contributed by atoms with Crippen molar-refractivity contribution in [2.24, 2.45) is 10.8 Å². The van der Waals surface area contributed by atoms with Gasteiger partial charge in [0.15, 0.2) is 0 Å². The quantitative estimate of drug-likeness (QED) is 0.621. The zero-order valence-electron chi connectivity index (χ0n) is 13.8. The summed E-state index contributed by atoms with van der Waals surface area (Å²) < 4.78 is 11.1. The number of rotatable bonds is 2. The second-order valence-electron chi connectivity index (χ2n) is 7.39. The van der Waals surface area contributed by atoms with Crippen LogP contribution in [0, 0.1) is 24.7 Å². The van der Waals surface area contributed by atoms with Crippen molar-refractivity contribution in [1.82, 2.24) is 0 Å². The minimum Gasteiger partial charge on any atom is -0.446 e. The summed E-state index contributed by atoms with van der Waals surface area (Å²) in [6.07, 6.45) is 1.17. The molecule has 1 heterocycles. The molecule has 0 radical (unpaired) electrons. The minimum absolute atomic E-state index is 0.291. The summed E-state index contributed by atoms with van der Waals surface area (Å²) in [6.45, 7) is 9.64. The molecule has 0 unspecified atom stereocenters. The molecule has 2 fully saturated rings. The summed E-state index contributed by atoms with van der Waals surface area (Å²) in [5.41, 5.74) is -0.309. The van der Waals surface area contributed by atoms with Crippen LogP contribution < -0.4 is 4.74 Å². The highest BCUT2D eigenvalue weighted by Gasteiger charge is 2.76. The average Bonchev–Trinajstić information content (AvgIpc) is 2.67. The monoisotopic (exact) mass is 302 g/mol. The molecule has 118 valence electrons. The molecule has 0 N–H and O–H groups in total. The van der Waals surface area contributed by atoms with E-state index in [1.165, 1.54) is 0 Å². The fraction of sp³-hybridized carbons (Fsp3) is 0.556. The van der Waals surface area contributed by atoms with E-state index < -0.39 is 22.4 Å². The van der Waals surface area contributed by atoms with Crippen LogP contribution in [-0.2, 0) is 14.3 Å². The highest BCUT2D eigenvalue weighted by Crippen LogP contribution is 2.65. The van der Waals surface area contributed by atoms with Crippen LogP contribution in [0.1, 0.15) is 44.7 Å². The molecule has 0 amide bonds. The van der Waals surface area contributed by atoms with Gasteiger partial charge < -0.3 is 9.47 Å². The van der Waals surface area contributed by atoms with Crippen LogP contribution >= 0.6 is 0 Å². The van der Waals surface area contributed by atoms with E-state index in [0.717, 1.165) is 11.1 Å². The lowest BCUT2D eigenvalue weighted by Gasteiger charge is -2.34. The van der Waals surface area contributed by atoms with Crippen LogP contribution in [0.25, 0.3) is 0 Å². The van der Waals surface area contributed by atoms with Crippen molar-refractivity contribution < 1.29 is 19.1 Å². The Labute approximate surface area is 130 Å². The molecule has 1 aromatic carbocycles. The molecule has 22 heavy (non-hydrogen) atoms. The van der Waals surface area contributed by atoms with Gasteiger partial charge in [-0.3, -0.25) is 4.79 Å². The van der Waals surface area contributed by atoms with Gasteiger partial charge in [0.25, 0.3) is 0 Å². The molecule has 1 saturated heterocycles. The van der Waals surface area contributed by atoms with Crippen molar-refractivity contribution in [1.29, 1.82) is 0 Å². The van der Waals surface area contributed by atoms with Crippen molar-refractivity contribution in [3.05, 3.63) is 29.3 Å². The number of carbonyl (C=O) groups excluding carboxylic acids is 2. The predicted octanol–water partition coefficient (Wildman–Crippen LogP) is 3.33. The number of aryl methyl sites for hydroxylation is 2. The maximum atomic E-state index is 12.8. The van der Waals surface area contributed by atoms with E-state index in [9.17, 15) is 9.59 Å². The highest BCUT2D eigenvalue weighted by atomic mass is 16.6. The third-order valence-corrected chi connectivity index (χ3v) is 5.82. The van der Waals surface area contributed by atoms with Gasteiger partial charge in [0.05, 0.1) is 5.41 Å². The van der Waals surface area contributed by atoms with E-state index in [1.807, 2.05) is 52.8 Å². The summed E-state index contributed by atoms with van der Waals surface area (Å²) >= 11 is 0. The highest BCUT2D eigenvalue weighted by molar-refractivity contribution is 5.94. The van der Waals surface area contributed by atoms with E-state index in [2.05, 4.69) is 0 Å². The van der Waals surface area contributed by atoms with Crippen LogP contribution in [0.4, 0.5) is 0 Å². The van der Waals surface area contributed by atoms with Gasteiger partial charge >= 0.3 is 11.9 Å². The Morgan fingerprint density at radius 1 is 1.09 bits per heavy atom. The Morgan fingerprint density at radius 3 is 2.14 bits per heavy atom. The number of carbonyl (C=O) groups is 2. The second kappa shape index (κ2) is 4.34. The summed E-state index contributed by atoms with van der Waals surface area (Å²) in [5.74, 6) is -0.248. The molecule has 3 rings (SSSR count). The summed E-state index contributed by atoms with van der Waals surface area (Å²) in [6, 6.07) is 5.65. The van der Waals surface area contributed by atoms with Crippen LogP contribution in [0.5, 0.6) is 5.75 Å². The van der Waals surface area contributed by atoms with Crippen molar-refractivity contribution >= 4 is 11.9 Å². The third kappa shape index (κ3) is 1.70. The zero-order valence-corrected chi connectivity index (χ0v) is 13.8. The van der Waals surface area contributed by atoms with E-state index in [4.69, 9.17) is 9.47 Å². The SMILES string of the molecule is Cc1cc(C)cc(OC(=O)[C@]23CC[C@](C)(C(=O)O2)C3(C)C)c1. The van der Waals surface area contributed by atoms with Gasteiger partial charge in [0.1, 0.15) is 5.75 Å². The molecule has 1 aliphatic heterocycles. The fourth-order valence-corrected chi connectivity index (χ4v) is 3.88. The lowest BCUT2D eigenvalue weighted by atomic mass is 9.66. The summed E-state index contributed by atoms with van der Waals surface area (Å²) in [5, 5.41) is 0. The first-order chi connectivity index (χ1) is 10.1. The normalized spacial score (nSPS) is 32.0. The van der Waals surface area contributed by atoms with Crippen molar-refractivity contribution in [3.8, 4) is 5.75 Å². The van der Waals surface area contributed by atoms with Gasteiger partial charge in [-0.05, 0) is 56.9 Å². The minimum atomic E-state index is -1.17. The molecular weight excluding hydrogens is 280 g/mol. The number of fused-ring (bicyclic) bond motifs is 2. The lowest BCUT2D eigenvalue weighted by molar-refractivity contribution is -0.176. The van der Waals surface area contributed by atoms with Gasteiger partial charge in [-0.15, -0.1) is 0 Å². The smallest absolute Gasteiger partial charge is 0.356 e. The second-order valence-corrected chi connectivity index (χ2v) is 7.39. The van der Waals surface area contributed by atoms with E-state index in [-0.39, 0.29) is 5.97 Å². The first-order valence-electron chi connectivity index (χ1n) is 7.66. The van der Waals surface area contributed by atoms with E-state index in [1.54, 1.807) is 0 Å². The maximum Gasteiger partial charge on any atom is 0.356 e. The zero-order chi connectivity index (χ0) is 16.3. The van der Waals surface area contributed by atoms with Crippen molar-refractivity contribution in [2.45, 2.75) is 53.1 Å². The van der Waals surface area contributed by atoms with Crippen LogP contribution in [0.3, 0.4) is 0 Å². The number of ether oxygens (including phenoxy) is 2. The van der Waals surface area contributed by atoms with Gasteiger partial charge in [0, 0.05) is 5.41 Å². The van der Waals surface area contributed by atoms with Gasteiger partial charge in [-0.1, -0.05) is 19.9 Å². The Balaban J connectivity index is 1.94. The van der Waals surface area contributed by atoms with Crippen LogP contribution in [0.2, 0.25) is 0 Å². The maximum absolute atomic E-state index is 12.8. The lowest BCUT2D eigenvalue weighted by Crippen LogP contribution is -2.50. The summed E-state index contributed by atoms with van der Waals surface area (Å²) in [7, 11) is 0. The molecule has 0 spiro atoms. The molecule has 0 aromatic heterocycles. The first kappa shape index (κ1) is 15.1. The van der Waals surface area contributed by atoms with Gasteiger partial charge in [-0.25, -0.2) is 4.79 Å². The molecule has 1 aliphatic carbocycles. The largest absolute Gasteiger partial charge is 0.446 e. The standard InChI is InChI=1S/C18H22O4/c1-11-8-12(2)10-13(9-11)21-15(20)18-7-6-17(5,14(19)22-18)16(18,3)4/h8-10H,6-7H2,1-5H3/t17-,18+/m1/s1. The Hall–Kier alpha value is -1.84. The molecule has 2 bridgehead atoms. The Bertz CT molecular complexity index is 655. The van der Waals surface area contributed by atoms with Gasteiger partial charge in [0.2, 0.25) is 5.60 Å². The Kier molecular flexibility index (Phi) is 2.97. The van der Waals surface area contributed by atoms with Crippen molar-refractivity contribution in [3.63, 3.8) is 0 Å². The van der Waals surface area contributed by atoms with Crippen LogP contribution in [0.15, 0.2) is 18.2 Å². The Morgan fingerprint density at radius 2 is 1.68 bits per heavy atom. The molecule has 2 aliphatic rings.